The fourth-order valence-electron chi connectivity index (χ4n) is 2.25. The lowest BCUT2D eigenvalue weighted by atomic mass is 10.2. The van der Waals surface area contributed by atoms with Crippen molar-refractivity contribution >= 4 is 25.7 Å². The number of alkyl halides is 3. The van der Waals surface area contributed by atoms with Gasteiger partial charge in [0, 0.05) is 0 Å². The number of ether oxygens (including phenoxy) is 1. The molecule has 0 aliphatic carbocycles. The van der Waals surface area contributed by atoms with E-state index in [1.54, 1.807) is 6.92 Å². The van der Waals surface area contributed by atoms with Crippen LogP contribution < -0.4 is 14.2 Å². The molecule has 2 rings (SSSR count). The summed E-state index contributed by atoms with van der Waals surface area (Å²) in [5.41, 5.74) is -1.47. The molecule has 0 bridgehead atoms. The van der Waals surface area contributed by atoms with Gasteiger partial charge in [0.15, 0.2) is 0 Å². The van der Waals surface area contributed by atoms with Gasteiger partial charge in [0.25, 0.3) is 10.0 Å². The van der Waals surface area contributed by atoms with Crippen molar-refractivity contribution in [2.45, 2.75) is 29.3 Å². The number of rotatable bonds is 8. The average Bonchev–Trinajstić information content (AvgIpc) is 2.66. The fraction of sp³-hybridized carbons (Fsp3) is 0.294. The number of benzene rings is 2. The van der Waals surface area contributed by atoms with Gasteiger partial charge in [0.1, 0.15) is 5.75 Å². The van der Waals surface area contributed by atoms with Gasteiger partial charge in [-0.15, -0.1) is 0 Å². The summed E-state index contributed by atoms with van der Waals surface area (Å²) in [6, 6.07) is 6.84. The minimum Gasteiger partial charge on any atom is -0.491 e. The van der Waals surface area contributed by atoms with Crippen LogP contribution in [0.3, 0.4) is 0 Å². The summed E-state index contributed by atoms with van der Waals surface area (Å²) in [5.74, 6) is -0.0811. The lowest BCUT2D eigenvalue weighted by Gasteiger charge is -2.16. The monoisotopic (exact) mass is 452 g/mol. The number of sulfonamides is 2. The molecule has 0 fully saturated rings. The average molecular weight is 452 g/mol. The van der Waals surface area contributed by atoms with E-state index in [9.17, 15) is 30.0 Å². The molecule has 0 aliphatic rings. The minimum absolute atomic E-state index is 0.0811. The molecular formula is C17H19F3N2O5S2. The Hall–Kier alpha value is -2.31. The highest BCUT2D eigenvalue weighted by Gasteiger charge is 2.32. The third kappa shape index (κ3) is 5.61. The molecule has 0 radical (unpaired) electrons. The summed E-state index contributed by atoms with van der Waals surface area (Å²) < 4.78 is 97.7. The van der Waals surface area contributed by atoms with Crippen molar-refractivity contribution in [2.24, 2.45) is 0 Å². The Labute approximate surface area is 167 Å². The van der Waals surface area contributed by atoms with Crippen molar-refractivity contribution < 1.29 is 34.7 Å². The Kier molecular flexibility index (Phi) is 6.81. The van der Waals surface area contributed by atoms with Crippen LogP contribution in [-0.4, -0.2) is 30.5 Å². The normalized spacial score (nSPS) is 12.6. The lowest BCUT2D eigenvalue weighted by molar-refractivity contribution is -0.137. The summed E-state index contributed by atoms with van der Waals surface area (Å²) in [5, 5.41) is 0. The van der Waals surface area contributed by atoms with Crippen LogP contribution in [0.5, 0.6) is 5.75 Å². The van der Waals surface area contributed by atoms with E-state index >= 15 is 0 Å². The largest absolute Gasteiger partial charge is 0.491 e. The van der Waals surface area contributed by atoms with Crippen LogP contribution >= 0.6 is 0 Å². The summed E-state index contributed by atoms with van der Waals surface area (Å²) in [6.45, 7) is 1.94. The van der Waals surface area contributed by atoms with Crippen molar-refractivity contribution in [1.82, 2.24) is 4.72 Å². The first-order chi connectivity index (χ1) is 13.4. The standard InChI is InChI=1S/C17H19F3N2O5S2/c1-3-9-27-16-8-7-12(17(18,19)20)10-15(16)22-29(25,26)14-6-4-5-13(11-14)28(23,24)21-2/h4-8,10-11,21-22H,3,9H2,1-2H3. The maximum Gasteiger partial charge on any atom is 0.416 e. The van der Waals surface area contributed by atoms with Crippen LogP contribution in [0.25, 0.3) is 0 Å². The Balaban J connectivity index is 2.49. The van der Waals surface area contributed by atoms with Gasteiger partial charge in [0.05, 0.1) is 27.6 Å². The van der Waals surface area contributed by atoms with Gasteiger partial charge in [0.2, 0.25) is 10.0 Å². The summed E-state index contributed by atoms with van der Waals surface area (Å²) in [6.07, 6.45) is -4.14. The van der Waals surface area contributed by atoms with Gasteiger partial charge in [-0.05, 0) is 49.9 Å². The van der Waals surface area contributed by atoms with E-state index in [-0.39, 0.29) is 17.3 Å². The first-order valence-corrected chi connectivity index (χ1v) is 11.3. The molecule has 0 saturated carbocycles. The van der Waals surface area contributed by atoms with Gasteiger partial charge in [-0.25, -0.2) is 21.6 Å². The van der Waals surface area contributed by atoms with E-state index in [0.717, 1.165) is 31.3 Å². The molecule has 160 valence electrons. The number of halogens is 3. The molecule has 0 spiro atoms. The first-order valence-electron chi connectivity index (χ1n) is 8.31. The highest BCUT2D eigenvalue weighted by atomic mass is 32.2. The molecule has 29 heavy (non-hydrogen) atoms. The molecule has 12 heteroatoms. The second-order valence-corrected chi connectivity index (χ2v) is 9.41. The van der Waals surface area contributed by atoms with Crippen LogP contribution in [0.2, 0.25) is 0 Å². The second kappa shape index (κ2) is 8.59. The summed E-state index contributed by atoms with van der Waals surface area (Å²) in [4.78, 5) is -0.748. The third-order valence-corrected chi connectivity index (χ3v) is 6.48. The Morgan fingerprint density at radius 1 is 0.966 bits per heavy atom. The van der Waals surface area contributed by atoms with E-state index in [1.165, 1.54) is 12.1 Å². The first kappa shape index (κ1) is 23.0. The van der Waals surface area contributed by atoms with Crippen molar-refractivity contribution in [1.29, 1.82) is 0 Å². The van der Waals surface area contributed by atoms with Crippen molar-refractivity contribution in [3.8, 4) is 5.75 Å². The smallest absolute Gasteiger partial charge is 0.416 e. The van der Waals surface area contributed by atoms with Gasteiger partial charge >= 0.3 is 6.18 Å². The molecule has 0 aliphatic heterocycles. The van der Waals surface area contributed by atoms with Gasteiger partial charge in [-0.1, -0.05) is 13.0 Å². The summed E-state index contributed by atoms with van der Waals surface area (Å²) in [7, 11) is -7.16. The molecule has 0 atom stereocenters. The van der Waals surface area contributed by atoms with Gasteiger partial charge in [-0.3, -0.25) is 4.72 Å². The summed E-state index contributed by atoms with van der Waals surface area (Å²) >= 11 is 0. The van der Waals surface area contributed by atoms with E-state index in [4.69, 9.17) is 4.74 Å². The highest BCUT2D eigenvalue weighted by molar-refractivity contribution is 7.93. The van der Waals surface area contributed by atoms with Crippen LogP contribution in [0.15, 0.2) is 52.3 Å². The molecular weight excluding hydrogens is 433 g/mol. The molecule has 2 N–H and O–H groups in total. The lowest BCUT2D eigenvalue weighted by Crippen LogP contribution is -2.20. The minimum atomic E-state index is -4.69. The zero-order valence-electron chi connectivity index (χ0n) is 15.4. The predicted octanol–water partition coefficient (Wildman–Crippen LogP) is 3.20. The van der Waals surface area contributed by atoms with E-state index < -0.39 is 42.4 Å². The molecule has 0 aromatic heterocycles. The number of nitrogens with one attached hydrogen (secondary N) is 2. The Morgan fingerprint density at radius 2 is 1.59 bits per heavy atom. The van der Waals surface area contributed by atoms with Gasteiger partial charge < -0.3 is 4.74 Å². The molecule has 2 aromatic rings. The SMILES string of the molecule is CCCOc1ccc(C(F)(F)F)cc1NS(=O)(=O)c1cccc(S(=O)(=O)NC)c1. The maximum absolute atomic E-state index is 13.0. The maximum atomic E-state index is 13.0. The van der Waals surface area contributed by atoms with Gasteiger partial charge in [-0.2, -0.15) is 13.2 Å². The van der Waals surface area contributed by atoms with Crippen LogP contribution in [0, 0.1) is 0 Å². The molecule has 0 heterocycles. The zero-order chi connectivity index (χ0) is 21.9. The van der Waals surface area contributed by atoms with E-state index in [2.05, 4.69) is 9.44 Å². The van der Waals surface area contributed by atoms with Crippen molar-refractivity contribution in [3.63, 3.8) is 0 Å². The number of hydrogen-bond acceptors (Lipinski definition) is 5. The predicted molar refractivity (Wildman–Crippen MR) is 101 cm³/mol. The van der Waals surface area contributed by atoms with Crippen molar-refractivity contribution in [3.05, 3.63) is 48.0 Å². The molecule has 0 unspecified atom stereocenters. The second-order valence-electron chi connectivity index (χ2n) is 5.85. The molecule has 2 aromatic carbocycles. The van der Waals surface area contributed by atoms with Crippen LogP contribution in [0.1, 0.15) is 18.9 Å². The van der Waals surface area contributed by atoms with E-state index in [1.807, 2.05) is 0 Å². The molecule has 0 amide bonds. The van der Waals surface area contributed by atoms with E-state index in [0.29, 0.717) is 12.5 Å². The van der Waals surface area contributed by atoms with Crippen LogP contribution in [-0.2, 0) is 26.2 Å². The molecule has 0 saturated heterocycles. The molecule has 7 nitrogen and oxygen atoms in total. The topological polar surface area (TPSA) is 102 Å². The zero-order valence-corrected chi connectivity index (χ0v) is 17.1. The Morgan fingerprint density at radius 3 is 2.14 bits per heavy atom. The van der Waals surface area contributed by atoms with Crippen LogP contribution in [0.4, 0.5) is 18.9 Å². The fourth-order valence-corrected chi connectivity index (χ4v) is 4.21. The quantitative estimate of drug-likeness (QED) is 0.641. The number of hydrogen-bond donors (Lipinski definition) is 2. The van der Waals surface area contributed by atoms with Crippen molar-refractivity contribution in [2.75, 3.05) is 18.4 Å². The Bertz CT molecular complexity index is 1080. The highest BCUT2D eigenvalue weighted by Crippen LogP contribution is 2.36. The third-order valence-electron chi connectivity index (χ3n) is 3.71. The number of anilines is 1.